The number of hydrogen-bond acceptors (Lipinski definition) is 4. The Morgan fingerprint density at radius 1 is 1.50 bits per heavy atom. The molecule has 1 atom stereocenters. The van der Waals surface area contributed by atoms with Gasteiger partial charge in [-0.25, -0.2) is 4.79 Å². The minimum atomic E-state index is -0.449. The fraction of sp³-hybridized carbons (Fsp3) is 0.857. The minimum absolute atomic E-state index is 0.158. The largest absolute Gasteiger partial charge is 0.453 e. The van der Waals surface area contributed by atoms with Crippen molar-refractivity contribution in [3.05, 3.63) is 0 Å². The summed E-state index contributed by atoms with van der Waals surface area (Å²) in [6.45, 7) is 3.16. The molecular formula is C7H16N2O3. The van der Waals surface area contributed by atoms with E-state index in [0.717, 1.165) is 6.54 Å². The van der Waals surface area contributed by atoms with E-state index in [4.69, 9.17) is 4.74 Å². The number of carbonyl (C=O) groups excluding carboxylic acids is 1. The van der Waals surface area contributed by atoms with Crippen LogP contribution in [0.15, 0.2) is 0 Å². The normalized spacial score (nSPS) is 12.2. The fourth-order valence-electron chi connectivity index (χ4n) is 0.715. The first-order valence-electron chi connectivity index (χ1n) is 3.82. The summed E-state index contributed by atoms with van der Waals surface area (Å²) >= 11 is 0. The van der Waals surface area contributed by atoms with E-state index < -0.39 is 6.09 Å². The molecule has 1 amide bonds. The van der Waals surface area contributed by atoms with Gasteiger partial charge in [0.1, 0.15) is 6.23 Å². The molecule has 72 valence electrons. The summed E-state index contributed by atoms with van der Waals surface area (Å²) in [5.41, 5.74) is 0. The van der Waals surface area contributed by atoms with Crippen molar-refractivity contribution in [3.8, 4) is 0 Å². The highest BCUT2D eigenvalue weighted by atomic mass is 16.5. The van der Waals surface area contributed by atoms with Gasteiger partial charge < -0.3 is 14.8 Å². The van der Waals surface area contributed by atoms with Gasteiger partial charge in [-0.2, -0.15) is 0 Å². The molecule has 0 spiro atoms. The van der Waals surface area contributed by atoms with Crippen LogP contribution < -0.4 is 10.6 Å². The van der Waals surface area contributed by atoms with Gasteiger partial charge >= 0.3 is 6.09 Å². The number of likely N-dealkylation sites (N-methyl/N-ethyl adjacent to an activating group) is 1. The van der Waals surface area contributed by atoms with Crippen molar-refractivity contribution in [1.29, 1.82) is 0 Å². The highest BCUT2D eigenvalue weighted by Crippen LogP contribution is 1.82. The van der Waals surface area contributed by atoms with Crippen LogP contribution in [-0.4, -0.2) is 39.6 Å². The third kappa shape index (κ3) is 4.92. The molecule has 0 saturated heterocycles. The standard InChI is InChI=1S/C7H16N2O3/c1-4-8-6(11-2)5-9-7(10)12-3/h6,8H,4-5H2,1-3H3,(H,9,10). The monoisotopic (exact) mass is 176 g/mol. The van der Waals surface area contributed by atoms with Gasteiger partial charge in [-0.1, -0.05) is 6.92 Å². The SMILES string of the molecule is CCNC(CNC(=O)OC)OC. The van der Waals surface area contributed by atoms with Crippen LogP contribution in [-0.2, 0) is 9.47 Å². The Morgan fingerprint density at radius 2 is 2.17 bits per heavy atom. The summed E-state index contributed by atoms with van der Waals surface area (Å²) < 4.78 is 9.39. The molecule has 5 heteroatoms. The van der Waals surface area contributed by atoms with Crippen LogP contribution in [0.2, 0.25) is 0 Å². The highest BCUT2D eigenvalue weighted by molar-refractivity contribution is 5.66. The lowest BCUT2D eigenvalue weighted by atomic mass is 10.5. The van der Waals surface area contributed by atoms with Crippen LogP contribution in [0.4, 0.5) is 4.79 Å². The average Bonchev–Trinajstić information content (AvgIpc) is 2.11. The number of rotatable bonds is 5. The summed E-state index contributed by atoms with van der Waals surface area (Å²) in [6.07, 6.45) is -0.607. The van der Waals surface area contributed by atoms with E-state index >= 15 is 0 Å². The Morgan fingerprint density at radius 3 is 2.58 bits per heavy atom. The first-order chi connectivity index (χ1) is 5.74. The minimum Gasteiger partial charge on any atom is -0.453 e. The van der Waals surface area contributed by atoms with E-state index in [2.05, 4.69) is 15.4 Å². The van der Waals surface area contributed by atoms with E-state index in [1.807, 2.05) is 6.92 Å². The first-order valence-corrected chi connectivity index (χ1v) is 3.82. The molecule has 0 radical (unpaired) electrons. The Kier molecular flexibility index (Phi) is 6.41. The smallest absolute Gasteiger partial charge is 0.406 e. The van der Waals surface area contributed by atoms with Gasteiger partial charge in [0.05, 0.1) is 13.7 Å². The van der Waals surface area contributed by atoms with Crippen molar-refractivity contribution in [3.63, 3.8) is 0 Å². The Labute approximate surface area is 72.4 Å². The van der Waals surface area contributed by atoms with Gasteiger partial charge in [0.25, 0.3) is 0 Å². The van der Waals surface area contributed by atoms with Crippen LogP contribution in [0.1, 0.15) is 6.92 Å². The lowest BCUT2D eigenvalue weighted by molar-refractivity contribution is 0.0732. The van der Waals surface area contributed by atoms with Gasteiger partial charge in [-0.3, -0.25) is 5.32 Å². The molecule has 0 aromatic rings. The summed E-state index contributed by atoms with van der Waals surface area (Å²) in [6, 6.07) is 0. The zero-order valence-corrected chi connectivity index (χ0v) is 7.72. The number of alkyl carbamates (subject to hydrolysis) is 1. The second-order valence-electron chi connectivity index (χ2n) is 2.15. The molecule has 0 saturated carbocycles. The summed E-state index contributed by atoms with van der Waals surface area (Å²) in [4.78, 5) is 10.6. The van der Waals surface area contributed by atoms with Crippen molar-refractivity contribution in [2.24, 2.45) is 0 Å². The van der Waals surface area contributed by atoms with Gasteiger partial charge in [-0.05, 0) is 6.54 Å². The number of amides is 1. The highest BCUT2D eigenvalue weighted by Gasteiger charge is 2.06. The van der Waals surface area contributed by atoms with E-state index in [-0.39, 0.29) is 6.23 Å². The maximum Gasteiger partial charge on any atom is 0.406 e. The Bertz CT molecular complexity index is 130. The van der Waals surface area contributed by atoms with Gasteiger partial charge in [0.15, 0.2) is 0 Å². The zero-order valence-electron chi connectivity index (χ0n) is 7.72. The van der Waals surface area contributed by atoms with Crippen LogP contribution in [0, 0.1) is 0 Å². The van der Waals surface area contributed by atoms with Gasteiger partial charge in [0.2, 0.25) is 0 Å². The lowest BCUT2D eigenvalue weighted by Crippen LogP contribution is -2.41. The quantitative estimate of drug-likeness (QED) is 0.575. The molecule has 0 rings (SSSR count). The van der Waals surface area contributed by atoms with Gasteiger partial charge in [0, 0.05) is 7.11 Å². The van der Waals surface area contributed by atoms with Crippen molar-refractivity contribution >= 4 is 6.09 Å². The predicted molar refractivity (Wildman–Crippen MR) is 44.9 cm³/mol. The predicted octanol–water partition coefficient (Wildman–Crippen LogP) is -0.0756. The number of carbonyl (C=O) groups is 1. The molecule has 0 aliphatic carbocycles. The summed E-state index contributed by atoms with van der Waals surface area (Å²) in [7, 11) is 2.90. The maximum atomic E-state index is 10.6. The third-order valence-corrected chi connectivity index (χ3v) is 1.33. The molecule has 5 nitrogen and oxygen atoms in total. The van der Waals surface area contributed by atoms with Crippen molar-refractivity contribution in [1.82, 2.24) is 10.6 Å². The third-order valence-electron chi connectivity index (χ3n) is 1.33. The van der Waals surface area contributed by atoms with Crippen LogP contribution in [0.25, 0.3) is 0 Å². The molecule has 0 heterocycles. The van der Waals surface area contributed by atoms with Crippen LogP contribution in [0.3, 0.4) is 0 Å². The molecule has 2 N–H and O–H groups in total. The van der Waals surface area contributed by atoms with Crippen LogP contribution in [0.5, 0.6) is 0 Å². The number of ether oxygens (including phenoxy) is 2. The van der Waals surface area contributed by atoms with E-state index in [1.54, 1.807) is 7.11 Å². The molecule has 0 bridgehead atoms. The van der Waals surface area contributed by atoms with Crippen molar-refractivity contribution in [2.75, 3.05) is 27.3 Å². The molecule has 12 heavy (non-hydrogen) atoms. The summed E-state index contributed by atoms with van der Waals surface area (Å²) in [5, 5.41) is 5.54. The number of nitrogens with one attached hydrogen (secondary N) is 2. The average molecular weight is 176 g/mol. The Hall–Kier alpha value is -0.810. The summed E-state index contributed by atoms with van der Waals surface area (Å²) in [5.74, 6) is 0. The number of hydrogen-bond donors (Lipinski definition) is 2. The van der Waals surface area contributed by atoms with Crippen molar-refractivity contribution < 1.29 is 14.3 Å². The van der Waals surface area contributed by atoms with E-state index in [1.165, 1.54) is 7.11 Å². The van der Waals surface area contributed by atoms with E-state index in [9.17, 15) is 4.79 Å². The molecular weight excluding hydrogens is 160 g/mol. The zero-order chi connectivity index (χ0) is 9.40. The van der Waals surface area contributed by atoms with Crippen molar-refractivity contribution in [2.45, 2.75) is 13.2 Å². The lowest BCUT2D eigenvalue weighted by Gasteiger charge is -2.15. The topological polar surface area (TPSA) is 59.6 Å². The fourth-order valence-corrected chi connectivity index (χ4v) is 0.715. The number of methoxy groups -OCH3 is 2. The molecule has 0 aromatic carbocycles. The molecule has 0 fully saturated rings. The second kappa shape index (κ2) is 6.87. The van der Waals surface area contributed by atoms with Crippen LogP contribution >= 0.6 is 0 Å². The maximum absolute atomic E-state index is 10.6. The molecule has 0 aliphatic heterocycles. The Balaban J connectivity index is 3.50. The van der Waals surface area contributed by atoms with Gasteiger partial charge in [-0.15, -0.1) is 0 Å². The molecule has 0 aromatic heterocycles. The first kappa shape index (κ1) is 11.2. The van der Waals surface area contributed by atoms with E-state index in [0.29, 0.717) is 6.54 Å². The molecule has 0 aliphatic rings. The molecule has 1 unspecified atom stereocenters. The second-order valence-corrected chi connectivity index (χ2v) is 2.15.